The molecular weight excluding hydrogens is 425 g/mol. The lowest BCUT2D eigenvalue weighted by molar-refractivity contribution is -0.401. The molecule has 0 spiro atoms. The van der Waals surface area contributed by atoms with Crippen molar-refractivity contribution in [2.45, 2.75) is 19.3 Å². The van der Waals surface area contributed by atoms with Crippen LogP contribution in [-0.4, -0.2) is 30.4 Å². The van der Waals surface area contributed by atoms with E-state index in [-0.39, 0.29) is 35.4 Å². The van der Waals surface area contributed by atoms with E-state index in [2.05, 4.69) is 55.8 Å². The van der Waals surface area contributed by atoms with Gasteiger partial charge in [0.2, 0.25) is 5.69 Å². The first kappa shape index (κ1) is 19.4. The van der Waals surface area contributed by atoms with Crippen molar-refractivity contribution in [2.24, 2.45) is 0 Å². The van der Waals surface area contributed by atoms with Crippen molar-refractivity contribution < 1.29 is 38.1 Å². The molecule has 4 heteroatoms. The average molecular weight is 447 g/mol. The van der Waals surface area contributed by atoms with Gasteiger partial charge >= 0.3 is 5.97 Å². The lowest BCUT2D eigenvalue weighted by atomic mass is 9.81. The number of carbonyl (C=O) groups is 1. The third-order valence-electron chi connectivity index (χ3n) is 4.68. The number of halogens is 1. The third-order valence-corrected chi connectivity index (χ3v) is 4.68. The molecule has 0 amide bonds. The Morgan fingerprint density at radius 1 is 1.08 bits per heavy atom. The van der Waals surface area contributed by atoms with E-state index in [0.29, 0.717) is 5.56 Å². The minimum atomic E-state index is -0.316. The first-order valence-electron chi connectivity index (χ1n) is 8.02. The molecule has 0 fully saturated rings. The standard InChI is InChI=1S/C21H22NO2.HI/c1-21(2)17-10-5-6-11-18(17)22(3)19(21)13-12-15-8-7-9-16(14-15)20(23)24-4;/h5-14H,1-4H3;1H/q+1;/p-1/b13-12+;. The van der Waals surface area contributed by atoms with E-state index in [1.54, 1.807) is 6.07 Å². The van der Waals surface area contributed by atoms with Crippen LogP contribution in [0.4, 0.5) is 5.69 Å². The zero-order valence-electron chi connectivity index (χ0n) is 14.9. The van der Waals surface area contributed by atoms with Gasteiger partial charge in [0, 0.05) is 17.7 Å². The molecule has 3 nitrogen and oxygen atoms in total. The van der Waals surface area contributed by atoms with E-state index < -0.39 is 0 Å². The van der Waals surface area contributed by atoms with Gasteiger partial charge in [-0.25, -0.2) is 4.79 Å². The predicted molar refractivity (Wildman–Crippen MR) is 97.1 cm³/mol. The highest BCUT2D eigenvalue weighted by Gasteiger charge is 2.42. The molecule has 1 heterocycles. The Morgan fingerprint density at radius 3 is 2.48 bits per heavy atom. The van der Waals surface area contributed by atoms with Gasteiger partial charge in [-0.3, -0.25) is 0 Å². The smallest absolute Gasteiger partial charge is 0.337 e. The van der Waals surface area contributed by atoms with Crippen molar-refractivity contribution in [3.05, 3.63) is 71.3 Å². The van der Waals surface area contributed by atoms with Gasteiger partial charge in [0.15, 0.2) is 5.71 Å². The van der Waals surface area contributed by atoms with Crippen LogP contribution >= 0.6 is 0 Å². The summed E-state index contributed by atoms with van der Waals surface area (Å²) in [4.78, 5) is 11.7. The van der Waals surface area contributed by atoms with Crippen LogP contribution < -0.4 is 24.0 Å². The van der Waals surface area contributed by atoms with Gasteiger partial charge in [-0.05, 0) is 37.6 Å². The Morgan fingerprint density at radius 2 is 1.80 bits per heavy atom. The molecule has 0 N–H and O–H groups in total. The van der Waals surface area contributed by atoms with Crippen molar-refractivity contribution in [2.75, 3.05) is 14.2 Å². The Labute approximate surface area is 166 Å². The second-order valence-electron chi connectivity index (χ2n) is 6.54. The summed E-state index contributed by atoms with van der Waals surface area (Å²) in [6, 6.07) is 15.9. The Bertz CT molecular complexity index is 866. The molecule has 0 aromatic heterocycles. The first-order chi connectivity index (χ1) is 11.4. The third kappa shape index (κ3) is 3.54. The summed E-state index contributed by atoms with van der Waals surface area (Å²) in [6.45, 7) is 4.47. The van der Waals surface area contributed by atoms with Gasteiger partial charge in [-0.2, -0.15) is 4.58 Å². The molecule has 130 valence electrons. The number of ether oxygens (including phenoxy) is 1. The van der Waals surface area contributed by atoms with Crippen molar-refractivity contribution >= 4 is 23.4 Å². The molecule has 0 saturated carbocycles. The molecule has 3 rings (SSSR count). The van der Waals surface area contributed by atoms with Crippen LogP contribution in [0.15, 0.2) is 54.6 Å². The molecule has 0 atom stereocenters. The van der Waals surface area contributed by atoms with Gasteiger partial charge < -0.3 is 28.7 Å². The zero-order valence-corrected chi connectivity index (χ0v) is 17.1. The molecule has 2 aromatic rings. The number of hydrogen-bond donors (Lipinski definition) is 0. The number of methoxy groups -OCH3 is 1. The zero-order chi connectivity index (χ0) is 17.3. The first-order valence-corrected chi connectivity index (χ1v) is 8.02. The number of carbonyl (C=O) groups excluding carboxylic acids is 1. The number of allylic oxidation sites excluding steroid dienone is 1. The number of benzene rings is 2. The highest BCUT2D eigenvalue weighted by atomic mass is 127. The van der Waals surface area contributed by atoms with Crippen LogP contribution in [0, 0.1) is 0 Å². The highest BCUT2D eigenvalue weighted by molar-refractivity contribution is 6.05. The van der Waals surface area contributed by atoms with E-state index in [1.165, 1.54) is 24.1 Å². The van der Waals surface area contributed by atoms with Gasteiger partial charge in [0.1, 0.15) is 7.05 Å². The van der Waals surface area contributed by atoms with E-state index in [4.69, 9.17) is 4.74 Å². The molecule has 2 aromatic carbocycles. The number of esters is 1. The topological polar surface area (TPSA) is 29.3 Å². The monoisotopic (exact) mass is 447 g/mol. The van der Waals surface area contributed by atoms with Crippen molar-refractivity contribution in [1.82, 2.24) is 0 Å². The quantitative estimate of drug-likeness (QED) is 0.402. The van der Waals surface area contributed by atoms with Gasteiger partial charge in [0.05, 0.1) is 18.1 Å². The summed E-state index contributed by atoms with van der Waals surface area (Å²) < 4.78 is 7.02. The molecule has 1 aliphatic heterocycles. The molecular formula is C21H22INO2. The van der Waals surface area contributed by atoms with Crippen LogP contribution in [-0.2, 0) is 10.2 Å². The fraction of sp³-hybridized carbons (Fsp3) is 0.238. The molecule has 0 radical (unpaired) electrons. The van der Waals surface area contributed by atoms with Crippen molar-refractivity contribution in [1.29, 1.82) is 0 Å². The summed E-state index contributed by atoms with van der Waals surface area (Å²) >= 11 is 0. The maximum Gasteiger partial charge on any atom is 0.337 e. The lowest BCUT2D eigenvalue weighted by Crippen LogP contribution is -3.00. The normalized spacial score (nSPS) is 15.0. The minimum absolute atomic E-state index is 0. The fourth-order valence-electron chi connectivity index (χ4n) is 3.36. The summed E-state index contributed by atoms with van der Waals surface area (Å²) in [5.74, 6) is -0.316. The van der Waals surface area contributed by atoms with Crippen LogP contribution in [0.25, 0.3) is 6.08 Å². The summed E-state index contributed by atoms with van der Waals surface area (Å²) in [5, 5.41) is 0. The van der Waals surface area contributed by atoms with E-state index >= 15 is 0 Å². The second kappa shape index (κ2) is 7.52. The Balaban J connectivity index is 0.00000225. The van der Waals surface area contributed by atoms with Gasteiger partial charge in [-0.1, -0.05) is 30.3 Å². The largest absolute Gasteiger partial charge is 1.00 e. The average Bonchev–Trinajstić information content (AvgIpc) is 2.79. The van der Waals surface area contributed by atoms with Crippen LogP contribution in [0.2, 0.25) is 0 Å². The van der Waals surface area contributed by atoms with E-state index in [0.717, 1.165) is 5.56 Å². The van der Waals surface area contributed by atoms with Gasteiger partial charge in [-0.15, -0.1) is 0 Å². The van der Waals surface area contributed by atoms with Crippen LogP contribution in [0.5, 0.6) is 0 Å². The van der Waals surface area contributed by atoms with Crippen LogP contribution in [0.1, 0.15) is 35.3 Å². The Kier molecular flexibility index (Phi) is 5.83. The maximum absolute atomic E-state index is 11.7. The van der Waals surface area contributed by atoms with Crippen molar-refractivity contribution in [3.63, 3.8) is 0 Å². The molecule has 0 saturated heterocycles. The number of hydrogen-bond acceptors (Lipinski definition) is 2. The second-order valence-corrected chi connectivity index (χ2v) is 6.54. The highest BCUT2D eigenvalue weighted by Crippen LogP contribution is 2.39. The molecule has 25 heavy (non-hydrogen) atoms. The molecule has 0 unspecified atom stereocenters. The predicted octanol–water partition coefficient (Wildman–Crippen LogP) is 1.20. The Hall–Kier alpha value is -1.95. The lowest BCUT2D eigenvalue weighted by Gasteiger charge is -2.15. The molecule has 1 aliphatic rings. The van der Waals surface area contributed by atoms with Gasteiger partial charge in [0.25, 0.3) is 0 Å². The summed E-state index contributed by atoms with van der Waals surface area (Å²) in [6.07, 6.45) is 4.18. The minimum Gasteiger partial charge on any atom is -1.00 e. The van der Waals surface area contributed by atoms with Crippen LogP contribution in [0.3, 0.4) is 0 Å². The van der Waals surface area contributed by atoms with E-state index in [9.17, 15) is 4.79 Å². The molecule has 0 bridgehead atoms. The number of para-hydroxylation sites is 1. The number of nitrogens with zero attached hydrogens (tertiary/aromatic N) is 1. The SMILES string of the molecule is COC(=O)c1cccc(/C=C/C2=[N+](C)c3ccccc3C2(C)C)c1.[I-]. The number of fused-ring (bicyclic) bond motifs is 1. The maximum atomic E-state index is 11.7. The van der Waals surface area contributed by atoms with Crippen molar-refractivity contribution in [3.8, 4) is 0 Å². The van der Waals surface area contributed by atoms with E-state index in [1.807, 2.05) is 24.3 Å². The fourth-order valence-corrected chi connectivity index (χ4v) is 3.36. The molecule has 0 aliphatic carbocycles. The summed E-state index contributed by atoms with van der Waals surface area (Å²) in [7, 11) is 3.49. The summed E-state index contributed by atoms with van der Waals surface area (Å²) in [5.41, 5.74) is 5.28. The number of rotatable bonds is 3.